The zero-order valence-corrected chi connectivity index (χ0v) is 17.0. The Kier molecular flexibility index (Phi) is 7.54. The van der Waals surface area contributed by atoms with E-state index >= 15 is 0 Å². The van der Waals surface area contributed by atoms with Crippen LogP contribution in [0.3, 0.4) is 0 Å². The van der Waals surface area contributed by atoms with Gasteiger partial charge in [-0.3, -0.25) is 9.67 Å². The quantitative estimate of drug-likeness (QED) is 0.399. The predicted molar refractivity (Wildman–Crippen MR) is 111 cm³/mol. The molecule has 136 valence electrons. The van der Waals surface area contributed by atoms with Gasteiger partial charge in [-0.1, -0.05) is 25.1 Å². The number of rotatable bonds is 6. The maximum absolute atomic E-state index is 5.94. The van der Waals surface area contributed by atoms with Gasteiger partial charge in [-0.2, -0.15) is 5.10 Å². The Morgan fingerprint density at radius 3 is 2.92 bits per heavy atom. The van der Waals surface area contributed by atoms with Gasteiger partial charge in [-0.15, -0.1) is 24.0 Å². The lowest BCUT2D eigenvalue weighted by Crippen LogP contribution is -2.43. The van der Waals surface area contributed by atoms with Crippen LogP contribution in [0.4, 0.5) is 0 Å². The third kappa shape index (κ3) is 5.62. The number of nitrogens with zero attached hydrogens (tertiary/aromatic N) is 3. The van der Waals surface area contributed by atoms with E-state index < -0.39 is 0 Å². The molecule has 25 heavy (non-hydrogen) atoms. The van der Waals surface area contributed by atoms with Crippen LogP contribution < -0.4 is 15.4 Å². The van der Waals surface area contributed by atoms with Crippen molar-refractivity contribution in [1.29, 1.82) is 0 Å². The molecular weight excluding hydrogens is 429 g/mol. The largest absolute Gasteiger partial charge is 0.488 e. The molecule has 3 rings (SSSR count). The van der Waals surface area contributed by atoms with E-state index in [9.17, 15) is 0 Å². The number of para-hydroxylation sites is 1. The number of halogens is 1. The van der Waals surface area contributed by atoms with E-state index in [4.69, 9.17) is 4.74 Å². The van der Waals surface area contributed by atoms with E-state index in [2.05, 4.69) is 39.8 Å². The molecule has 2 unspecified atom stereocenters. The average molecular weight is 455 g/mol. The summed E-state index contributed by atoms with van der Waals surface area (Å²) in [5, 5.41) is 11.0. The highest BCUT2D eigenvalue weighted by Gasteiger charge is 2.22. The average Bonchev–Trinajstić information content (AvgIpc) is 3.23. The fourth-order valence-electron chi connectivity index (χ4n) is 2.86. The van der Waals surface area contributed by atoms with Crippen LogP contribution in [0.1, 0.15) is 12.5 Å². The number of benzene rings is 1. The Balaban J connectivity index is 0.00000225. The minimum atomic E-state index is 0. The molecule has 1 aromatic carbocycles. The maximum atomic E-state index is 5.94. The first-order valence-electron chi connectivity index (χ1n) is 8.41. The maximum Gasteiger partial charge on any atom is 0.191 e. The normalized spacial score (nSPS) is 17.2. The molecule has 0 amide bonds. The highest BCUT2D eigenvalue weighted by Crippen LogP contribution is 2.27. The SMILES string of the molecule is CN=C(NCC(C)Cn1cccn1)NCC1Cc2ccccc2O1.I. The number of fused-ring (bicyclic) bond motifs is 1. The van der Waals surface area contributed by atoms with Gasteiger partial charge in [0.2, 0.25) is 0 Å². The van der Waals surface area contributed by atoms with E-state index in [0.29, 0.717) is 5.92 Å². The summed E-state index contributed by atoms with van der Waals surface area (Å²) in [5.41, 5.74) is 1.28. The number of hydrogen-bond acceptors (Lipinski definition) is 3. The topological polar surface area (TPSA) is 63.5 Å². The van der Waals surface area contributed by atoms with Crippen molar-refractivity contribution < 1.29 is 4.74 Å². The standard InChI is InChI=1S/C18H25N5O.HI/c1-14(13-23-9-5-8-22-23)11-20-18(19-2)21-12-16-10-15-6-3-4-7-17(15)24-16;/h3-9,14,16H,10-13H2,1-2H3,(H2,19,20,21);1H. The van der Waals surface area contributed by atoms with Gasteiger partial charge in [-0.05, 0) is 23.6 Å². The molecule has 0 saturated heterocycles. The lowest BCUT2D eigenvalue weighted by molar-refractivity contribution is 0.235. The second-order valence-corrected chi connectivity index (χ2v) is 6.22. The monoisotopic (exact) mass is 455 g/mol. The summed E-state index contributed by atoms with van der Waals surface area (Å²) in [4.78, 5) is 4.28. The second kappa shape index (κ2) is 9.65. The summed E-state index contributed by atoms with van der Waals surface area (Å²) in [6, 6.07) is 10.2. The van der Waals surface area contributed by atoms with E-state index in [1.54, 1.807) is 13.2 Å². The summed E-state index contributed by atoms with van der Waals surface area (Å²) in [6.45, 7) is 4.66. The predicted octanol–water partition coefficient (Wildman–Crippen LogP) is 2.31. The summed E-state index contributed by atoms with van der Waals surface area (Å²) >= 11 is 0. The van der Waals surface area contributed by atoms with E-state index in [-0.39, 0.29) is 30.1 Å². The van der Waals surface area contributed by atoms with Crippen molar-refractivity contribution in [2.75, 3.05) is 20.1 Å². The van der Waals surface area contributed by atoms with Crippen molar-refractivity contribution in [2.45, 2.75) is 26.0 Å². The summed E-state index contributed by atoms with van der Waals surface area (Å²) < 4.78 is 7.89. The van der Waals surface area contributed by atoms with E-state index in [1.807, 2.05) is 29.1 Å². The smallest absolute Gasteiger partial charge is 0.191 e. The van der Waals surface area contributed by atoms with Crippen LogP contribution in [-0.4, -0.2) is 42.0 Å². The molecule has 6 nitrogen and oxygen atoms in total. The van der Waals surface area contributed by atoms with Crippen LogP contribution >= 0.6 is 24.0 Å². The lowest BCUT2D eigenvalue weighted by Gasteiger charge is -2.18. The van der Waals surface area contributed by atoms with Crippen molar-refractivity contribution in [1.82, 2.24) is 20.4 Å². The zero-order valence-electron chi connectivity index (χ0n) is 14.7. The van der Waals surface area contributed by atoms with Crippen molar-refractivity contribution >= 4 is 29.9 Å². The van der Waals surface area contributed by atoms with Gasteiger partial charge in [0, 0.05) is 39.0 Å². The first-order chi connectivity index (χ1) is 11.7. The van der Waals surface area contributed by atoms with Gasteiger partial charge < -0.3 is 15.4 Å². The lowest BCUT2D eigenvalue weighted by atomic mass is 10.1. The molecule has 1 aliphatic rings. The van der Waals surface area contributed by atoms with Crippen molar-refractivity contribution in [3.8, 4) is 5.75 Å². The van der Waals surface area contributed by atoms with Crippen LogP contribution in [0.15, 0.2) is 47.7 Å². The molecule has 0 saturated carbocycles. The Labute approximate surface area is 166 Å². The van der Waals surface area contributed by atoms with Crippen LogP contribution in [0.2, 0.25) is 0 Å². The van der Waals surface area contributed by atoms with Crippen LogP contribution in [0.5, 0.6) is 5.75 Å². The van der Waals surface area contributed by atoms with Gasteiger partial charge in [0.15, 0.2) is 5.96 Å². The molecular formula is C18H26IN5O. The van der Waals surface area contributed by atoms with Gasteiger partial charge >= 0.3 is 0 Å². The van der Waals surface area contributed by atoms with Crippen LogP contribution in [0.25, 0.3) is 0 Å². The third-order valence-corrected chi connectivity index (χ3v) is 4.11. The second-order valence-electron chi connectivity index (χ2n) is 6.22. The first kappa shape index (κ1) is 19.6. The van der Waals surface area contributed by atoms with Crippen LogP contribution in [0, 0.1) is 5.92 Å². The van der Waals surface area contributed by atoms with Crippen molar-refractivity contribution in [3.05, 3.63) is 48.3 Å². The Morgan fingerprint density at radius 1 is 1.36 bits per heavy atom. The molecule has 2 aromatic rings. The number of hydrogen-bond donors (Lipinski definition) is 2. The van der Waals surface area contributed by atoms with Crippen molar-refractivity contribution in [3.63, 3.8) is 0 Å². The summed E-state index contributed by atoms with van der Waals surface area (Å²) in [7, 11) is 1.79. The number of nitrogens with one attached hydrogen (secondary N) is 2. The summed E-state index contributed by atoms with van der Waals surface area (Å²) in [6.07, 6.45) is 4.89. The van der Waals surface area contributed by atoms with Gasteiger partial charge in [0.05, 0.1) is 6.54 Å². The molecule has 0 aliphatic carbocycles. The Hall–Kier alpha value is -1.77. The highest BCUT2D eigenvalue weighted by molar-refractivity contribution is 14.0. The fraction of sp³-hybridized carbons (Fsp3) is 0.444. The highest BCUT2D eigenvalue weighted by atomic mass is 127. The molecule has 0 fully saturated rings. The van der Waals surface area contributed by atoms with Gasteiger partial charge in [-0.25, -0.2) is 0 Å². The first-order valence-corrected chi connectivity index (χ1v) is 8.41. The molecule has 1 aliphatic heterocycles. The molecule has 0 spiro atoms. The Bertz CT molecular complexity index is 649. The minimum Gasteiger partial charge on any atom is -0.488 e. The zero-order chi connectivity index (χ0) is 16.8. The van der Waals surface area contributed by atoms with Crippen molar-refractivity contribution in [2.24, 2.45) is 10.9 Å². The molecule has 0 radical (unpaired) electrons. The Morgan fingerprint density at radius 2 is 2.20 bits per heavy atom. The fourth-order valence-corrected chi connectivity index (χ4v) is 2.86. The minimum absolute atomic E-state index is 0. The molecule has 0 bridgehead atoms. The molecule has 2 heterocycles. The van der Waals surface area contributed by atoms with Crippen LogP contribution in [-0.2, 0) is 13.0 Å². The molecule has 2 atom stereocenters. The summed E-state index contributed by atoms with van der Waals surface area (Å²) in [5.74, 6) is 2.26. The third-order valence-electron chi connectivity index (χ3n) is 4.11. The van der Waals surface area contributed by atoms with Gasteiger partial charge in [0.1, 0.15) is 11.9 Å². The number of ether oxygens (including phenoxy) is 1. The molecule has 7 heteroatoms. The van der Waals surface area contributed by atoms with E-state index in [1.165, 1.54) is 5.56 Å². The number of aliphatic imine (C=N–C) groups is 1. The number of guanidine groups is 1. The van der Waals surface area contributed by atoms with Gasteiger partial charge in [0.25, 0.3) is 0 Å². The van der Waals surface area contributed by atoms with E-state index in [0.717, 1.165) is 37.8 Å². The molecule has 2 N–H and O–H groups in total. The molecule has 1 aromatic heterocycles. The number of aromatic nitrogens is 2.